The molecule has 0 atom stereocenters. The van der Waals surface area contributed by atoms with Crippen molar-refractivity contribution >= 4 is 5.91 Å². The van der Waals surface area contributed by atoms with Gasteiger partial charge in [-0.25, -0.2) is 0 Å². The fraction of sp³-hybridized carbons (Fsp3) is 0.588. The third-order valence-electron chi connectivity index (χ3n) is 4.06. The first-order chi connectivity index (χ1) is 9.53. The first-order valence-corrected chi connectivity index (χ1v) is 7.26. The summed E-state index contributed by atoms with van der Waals surface area (Å²) in [5.74, 6) is 0.638. The number of aryl methyl sites for hydroxylation is 2. The number of amides is 1. The second-order valence-electron chi connectivity index (χ2n) is 6.58. The molecule has 0 saturated heterocycles. The summed E-state index contributed by atoms with van der Waals surface area (Å²) in [5.41, 5.74) is 0.703. The lowest BCUT2D eigenvalue weighted by molar-refractivity contribution is -0.126. The zero-order chi connectivity index (χ0) is 16.3. The van der Waals surface area contributed by atoms with E-state index in [0.717, 1.165) is 5.75 Å². The number of benzene rings is 1. The molecule has 1 aromatic carbocycles. The zero-order valence-electron chi connectivity index (χ0n) is 13.9. The summed E-state index contributed by atoms with van der Waals surface area (Å²) in [6.45, 7) is 11.4. The first-order valence-electron chi connectivity index (χ1n) is 7.26. The zero-order valence-corrected chi connectivity index (χ0v) is 13.9. The van der Waals surface area contributed by atoms with Crippen LogP contribution in [0.1, 0.15) is 45.2 Å². The van der Waals surface area contributed by atoms with Crippen molar-refractivity contribution in [3.63, 3.8) is 0 Å². The van der Waals surface area contributed by atoms with Crippen molar-refractivity contribution in [2.45, 2.75) is 59.1 Å². The van der Waals surface area contributed by atoms with Crippen LogP contribution in [-0.2, 0) is 4.79 Å². The molecule has 0 aliphatic carbocycles. The predicted molar refractivity (Wildman–Crippen MR) is 84.5 cm³/mol. The Morgan fingerprint density at radius 1 is 1.19 bits per heavy atom. The Labute approximate surface area is 127 Å². The molecule has 0 aliphatic rings. The maximum absolute atomic E-state index is 11.9. The highest BCUT2D eigenvalue weighted by atomic mass is 16.5. The molecule has 1 aromatic rings. The molecule has 0 unspecified atom stereocenters. The number of hydrogen-bond acceptors (Lipinski definition) is 3. The van der Waals surface area contributed by atoms with Crippen LogP contribution in [0, 0.1) is 13.8 Å². The van der Waals surface area contributed by atoms with E-state index in [-0.39, 0.29) is 12.3 Å². The summed E-state index contributed by atoms with van der Waals surface area (Å²) >= 11 is 0. The van der Waals surface area contributed by atoms with E-state index in [2.05, 4.69) is 5.32 Å². The monoisotopic (exact) mass is 293 g/mol. The first kappa shape index (κ1) is 17.5. The summed E-state index contributed by atoms with van der Waals surface area (Å²) < 4.78 is 5.59. The maximum Gasteiger partial charge on any atom is 0.223 e. The minimum absolute atomic E-state index is 0.133. The van der Waals surface area contributed by atoms with E-state index in [1.54, 1.807) is 27.7 Å². The van der Waals surface area contributed by atoms with Crippen LogP contribution >= 0.6 is 0 Å². The van der Waals surface area contributed by atoms with Gasteiger partial charge in [0.1, 0.15) is 5.75 Å². The van der Waals surface area contributed by atoms with Gasteiger partial charge >= 0.3 is 0 Å². The molecule has 1 rings (SSSR count). The van der Waals surface area contributed by atoms with E-state index in [4.69, 9.17) is 4.74 Å². The molecule has 21 heavy (non-hydrogen) atoms. The van der Waals surface area contributed by atoms with Crippen LogP contribution in [0.25, 0.3) is 0 Å². The van der Waals surface area contributed by atoms with Gasteiger partial charge < -0.3 is 15.2 Å². The van der Waals surface area contributed by atoms with Crippen LogP contribution in [-0.4, -0.2) is 28.8 Å². The lowest BCUT2D eigenvalue weighted by atomic mass is 9.86. The average Bonchev–Trinajstić information content (AvgIpc) is 2.31. The Morgan fingerprint density at radius 2 is 1.81 bits per heavy atom. The van der Waals surface area contributed by atoms with Crippen molar-refractivity contribution < 1.29 is 14.6 Å². The molecule has 0 saturated carbocycles. The fourth-order valence-corrected chi connectivity index (χ4v) is 1.63. The highest BCUT2D eigenvalue weighted by molar-refractivity contribution is 5.77. The van der Waals surface area contributed by atoms with Gasteiger partial charge in [0.2, 0.25) is 5.91 Å². The molecule has 0 bridgehead atoms. The Kier molecular flexibility index (Phi) is 5.40. The average molecular weight is 293 g/mol. The normalized spacial score (nSPS) is 12.1. The molecule has 4 heteroatoms. The Bertz CT molecular complexity index is 501. The van der Waals surface area contributed by atoms with E-state index >= 15 is 0 Å². The third kappa shape index (κ3) is 5.05. The van der Waals surface area contributed by atoms with Crippen LogP contribution < -0.4 is 10.1 Å². The molecule has 0 radical (unpaired) electrons. The van der Waals surface area contributed by atoms with Crippen molar-refractivity contribution in [2.75, 3.05) is 6.61 Å². The molecule has 0 aromatic heterocycles. The van der Waals surface area contributed by atoms with Crippen molar-refractivity contribution in [3.05, 3.63) is 29.3 Å². The minimum Gasteiger partial charge on any atom is -0.493 e. The predicted octanol–water partition coefficient (Wildman–Crippen LogP) is 2.74. The van der Waals surface area contributed by atoms with Crippen LogP contribution in [0.5, 0.6) is 5.75 Å². The highest BCUT2D eigenvalue weighted by Gasteiger charge is 2.36. The molecular weight excluding hydrogens is 266 g/mol. The molecular formula is C17H27NO3. The molecule has 0 heterocycles. The van der Waals surface area contributed by atoms with Crippen LogP contribution in [0.15, 0.2) is 18.2 Å². The summed E-state index contributed by atoms with van der Waals surface area (Å²) in [5, 5.41) is 12.8. The summed E-state index contributed by atoms with van der Waals surface area (Å²) in [6, 6.07) is 5.87. The molecule has 1 amide bonds. The second-order valence-corrected chi connectivity index (χ2v) is 6.58. The summed E-state index contributed by atoms with van der Waals surface area (Å²) in [6.07, 6.45) is 0.256. The van der Waals surface area contributed by atoms with Crippen molar-refractivity contribution in [1.29, 1.82) is 0 Å². The van der Waals surface area contributed by atoms with Gasteiger partial charge in [-0.1, -0.05) is 6.07 Å². The Morgan fingerprint density at radius 3 is 2.33 bits per heavy atom. The largest absolute Gasteiger partial charge is 0.493 e. The molecule has 0 fully saturated rings. The van der Waals surface area contributed by atoms with E-state index in [1.807, 2.05) is 32.0 Å². The maximum atomic E-state index is 11.9. The quantitative estimate of drug-likeness (QED) is 0.848. The summed E-state index contributed by atoms with van der Waals surface area (Å²) in [7, 11) is 0. The van der Waals surface area contributed by atoms with Crippen LogP contribution in [0.3, 0.4) is 0 Å². The molecule has 2 N–H and O–H groups in total. The smallest absolute Gasteiger partial charge is 0.223 e. The number of ether oxygens (including phenoxy) is 1. The second kappa shape index (κ2) is 6.48. The van der Waals surface area contributed by atoms with E-state index < -0.39 is 11.1 Å². The van der Waals surface area contributed by atoms with Gasteiger partial charge in [-0.3, -0.25) is 4.79 Å². The van der Waals surface area contributed by atoms with Crippen LogP contribution in [0.4, 0.5) is 0 Å². The number of hydrogen-bond donors (Lipinski definition) is 2. The van der Waals surface area contributed by atoms with E-state index in [0.29, 0.717) is 6.61 Å². The Hall–Kier alpha value is -1.55. The Balaban J connectivity index is 2.45. The number of carbonyl (C=O) groups is 1. The van der Waals surface area contributed by atoms with Crippen molar-refractivity contribution in [2.24, 2.45) is 0 Å². The van der Waals surface area contributed by atoms with Gasteiger partial charge in [0.15, 0.2) is 0 Å². The summed E-state index contributed by atoms with van der Waals surface area (Å²) in [4.78, 5) is 11.9. The SMILES string of the molecule is Cc1ccc(OCCC(=O)NC(C)(C)C(C)(C)O)cc1C. The third-order valence-corrected chi connectivity index (χ3v) is 4.06. The standard InChI is InChI=1S/C17H27NO3/c1-12-7-8-14(11-13(12)2)21-10-9-15(19)18-16(3,4)17(5,6)20/h7-8,11,20H,9-10H2,1-6H3,(H,18,19). The molecule has 4 nitrogen and oxygen atoms in total. The number of rotatable bonds is 6. The fourth-order valence-electron chi connectivity index (χ4n) is 1.63. The topological polar surface area (TPSA) is 58.6 Å². The van der Waals surface area contributed by atoms with Crippen molar-refractivity contribution in [3.8, 4) is 5.75 Å². The van der Waals surface area contributed by atoms with Gasteiger partial charge in [0, 0.05) is 0 Å². The minimum atomic E-state index is -0.989. The molecule has 0 spiro atoms. The van der Waals surface area contributed by atoms with Gasteiger partial charge in [0.25, 0.3) is 0 Å². The van der Waals surface area contributed by atoms with Gasteiger partial charge in [-0.15, -0.1) is 0 Å². The van der Waals surface area contributed by atoms with Gasteiger partial charge in [-0.2, -0.15) is 0 Å². The lowest BCUT2D eigenvalue weighted by Crippen LogP contribution is -2.57. The molecule has 0 aliphatic heterocycles. The molecule has 118 valence electrons. The lowest BCUT2D eigenvalue weighted by Gasteiger charge is -2.38. The number of carbonyl (C=O) groups excluding carboxylic acids is 1. The number of aliphatic hydroxyl groups is 1. The highest BCUT2D eigenvalue weighted by Crippen LogP contribution is 2.20. The number of nitrogens with one attached hydrogen (secondary N) is 1. The van der Waals surface area contributed by atoms with Crippen LogP contribution in [0.2, 0.25) is 0 Å². The van der Waals surface area contributed by atoms with Gasteiger partial charge in [0.05, 0.1) is 24.2 Å². The van der Waals surface area contributed by atoms with E-state index in [9.17, 15) is 9.90 Å². The van der Waals surface area contributed by atoms with E-state index in [1.165, 1.54) is 11.1 Å². The van der Waals surface area contributed by atoms with Gasteiger partial charge in [-0.05, 0) is 64.8 Å². The van der Waals surface area contributed by atoms with Crippen molar-refractivity contribution in [1.82, 2.24) is 5.32 Å².